The smallest absolute Gasteiger partial charge is 0.217 e. The van der Waals surface area contributed by atoms with Crippen molar-refractivity contribution in [2.75, 3.05) is 7.11 Å². The van der Waals surface area contributed by atoms with E-state index in [0.29, 0.717) is 22.0 Å². The fourth-order valence-electron chi connectivity index (χ4n) is 2.41. The number of benzene rings is 1. The summed E-state index contributed by atoms with van der Waals surface area (Å²) in [6.45, 7) is 0. The minimum Gasteiger partial charge on any atom is -0.481 e. The van der Waals surface area contributed by atoms with Crippen molar-refractivity contribution in [1.29, 1.82) is 0 Å². The van der Waals surface area contributed by atoms with Crippen LogP contribution in [0.25, 0.3) is 17.1 Å². The first kappa shape index (κ1) is 17.6. The Labute approximate surface area is 168 Å². The second kappa shape index (κ2) is 7.85. The topological polar surface area (TPSA) is 78.6 Å². The van der Waals surface area contributed by atoms with E-state index < -0.39 is 0 Å². The normalized spacial score (nSPS) is 10.7. The Morgan fingerprint density at radius 1 is 1.04 bits per heavy atom. The molecule has 0 unspecified atom stereocenters. The first-order valence-corrected chi connectivity index (χ1v) is 9.52. The fraction of sp³-hybridized carbons (Fsp3) is 0.0556. The lowest BCUT2D eigenvalue weighted by Crippen LogP contribution is -2.00. The molecule has 4 rings (SSSR count). The second-order valence-corrected chi connectivity index (χ2v) is 7.19. The number of aromatic nitrogens is 6. The zero-order chi connectivity index (χ0) is 18.6. The van der Waals surface area contributed by atoms with Crippen molar-refractivity contribution in [3.05, 3.63) is 65.5 Å². The van der Waals surface area contributed by atoms with E-state index >= 15 is 0 Å². The number of methoxy groups -OCH3 is 1. The molecular weight excluding hydrogens is 428 g/mol. The molecule has 27 heavy (non-hydrogen) atoms. The van der Waals surface area contributed by atoms with Crippen LogP contribution in [-0.4, -0.2) is 36.8 Å². The highest BCUT2D eigenvalue weighted by molar-refractivity contribution is 9.10. The number of ether oxygens (including phenoxy) is 1. The van der Waals surface area contributed by atoms with Gasteiger partial charge in [0.25, 0.3) is 0 Å². The maximum absolute atomic E-state index is 5.17. The van der Waals surface area contributed by atoms with Gasteiger partial charge in [0.2, 0.25) is 11.0 Å². The standard InChI is InChI=1S/C18H13BrN6OS/c1-26-15-8-10-21-17(22-15)27-18-24-23-16(12-3-2-9-20-11-12)25(18)14-6-4-13(19)5-7-14/h2-11H,1H3. The highest BCUT2D eigenvalue weighted by Gasteiger charge is 2.18. The van der Waals surface area contributed by atoms with Crippen LogP contribution in [0.2, 0.25) is 0 Å². The van der Waals surface area contributed by atoms with Crippen LogP contribution >= 0.6 is 27.7 Å². The van der Waals surface area contributed by atoms with Crippen LogP contribution in [0.4, 0.5) is 0 Å². The summed E-state index contributed by atoms with van der Waals surface area (Å²) in [6.07, 6.45) is 5.13. The lowest BCUT2D eigenvalue weighted by Gasteiger charge is -2.10. The van der Waals surface area contributed by atoms with Crippen LogP contribution in [0.15, 0.2) is 75.8 Å². The number of rotatable bonds is 5. The SMILES string of the molecule is COc1ccnc(Sc2nnc(-c3cccnc3)n2-c2ccc(Br)cc2)n1. The molecule has 134 valence electrons. The van der Waals surface area contributed by atoms with Gasteiger partial charge in [-0.1, -0.05) is 15.9 Å². The molecular formula is C18H13BrN6OS. The van der Waals surface area contributed by atoms with Crippen LogP contribution < -0.4 is 4.74 Å². The molecule has 0 atom stereocenters. The first-order chi connectivity index (χ1) is 13.2. The van der Waals surface area contributed by atoms with Gasteiger partial charge in [-0.2, -0.15) is 4.98 Å². The molecule has 1 aromatic carbocycles. The third-order valence-electron chi connectivity index (χ3n) is 3.64. The summed E-state index contributed by atoms with van der Waals surface area (Å²) in [6, 6.07) is 13.4. The summed E-state index contributed by atoms with van der Waals surface area (Å²) in [5.74, 6) is 1.19. The number of hydrogen-bond acceptors (Lipinski definition) is 7. The van der Waals surface area contributed by atoms with E-state index in [4.69, 9.17) is 4.74 Å². The van der Waals surface area contributed by atoms with Gasteiger partial charge in [0, 0.05) is 40.4 Å². The minimum absolute atomic E-state index is 0.495. The van der Waals surface area contributed by atoms with Gasteiger partial charge in [-0.05, 0) is 48.2 Å². The van der Waals surface area contributed by atoms with Crippen molar-refractivity contribution in [3.8, 4) is 23.0 Å². The Morgan fingerprint density at radius 3 is 2.63 bits per heavy atom. The molecule has 0 aliphatic rings. The van der Waals surface area contributed by atoms with Crippen molar-refractivity contribution in [3.63, 3.8) is 0 Å². The van der Waals surface area contributed by atoms with E-state index in [9.17, 15) is 0 Å². The first-order valence-electron chi connectivity index (χ1n) is 7.91. The molecule has 0 radical (unpaired) electrons. The van der Waals surface area contributed by atoms with Crippen molar-refractivity contribution in [1.82, 2.24) is 29.7 Å². The molecule has 0 bridgehead atoms. The van der Waals surface area contributed by atoms with E-state index in [1.54, 1.807) is 31.8 Å². The maximum atomic E-state index is 5.17. The lowest BCUT2D eigenvalue weighted by atomic mass is 10.2. The summed E-state index contributed by atoms with van der Waals surface area (Å²) in [7, 11) is 1.57. The Kier molecular flexibility index (Phi) is 5.12. The van der Waals surface area contributed by atoms with E-state index in [1.807, 2.05) is 41.0 Å². The predicted octanol–water partition coefficient (Wildman–Crippen LogP) is 4.04. The van der Waals surface area contributed by atoms with Crippen LogP contribution in [0.1, 0.15) is 0 Å². The molecule has 0 fully saturated rings. The minimum atomic E-state index is 0.495. The fourth-order valence-corrected chi connectivity index (χ4v) is 3.45. The average molecular weight is 441 g/mol. The van der Waals surface area contributed by atoms with Crippen LogP contribution in [0.3, 0.4) is 0 Å². The molecule has 9 heteroatoms. The molecule has 0 saturated carbocycles. The third-order valence-corrected chi connectivity index (χ3v) is 4.99. The van der Waals surface area contributed by atoms with E-state index in [0.717, 1.165) is 15.7 Å². The third kappa shape index (κ3) is 3.83. The zero-order valence-electron chi connectivity index (χ0n) is 14.2. The van der Waals surface area contributed by atoms with Crippen LogP contribution in [-0.2, 0) is 0 Å². The van der Waals surface area contributed by atoms with Crippen LogP contribution in [0.5, 0.6) is 5.88 Å². The van der Waals surface area contributed by atoms with Crippen molar-refractivity contribution >= 4 is 27.7 Å². The van der Waals surface area contributed by atoms with Gasteiger partial charge in [0.1, 0.15) is 0 Å². The Morgan fingerprint density at radius 2 is 1.89 bits per heavy atom. The number of pyridine rings is 1. The summed E-state index contributed by atoms with van der Waals surface area (Å²) < 4.78 is 8.12. The van der Waals surface area contributed by atoms with Crippen molar-refractivity contribution in [2.24, 2.45) is 0 Å². The number of hydrogen-bond donors (Lipinski definition) is 0. The summed E-state index contributed by atoms with van der Waals surface area (Å²) in [5, 5.41) is 9.90. The maximum Gasteiger partial charge on any atom is 0.217 e. The largest absolute Gasteiger partial charge is 0.481 e. The summed E-state index contributed by atoms with van der Waals surface area (Å²) in [5.41, 5.74) is 1.79. The molecule has 0 amide bonds. The van der Waals surface area contributed by atoms with Crippen molar-refractivity contribution < 1.29 is 4.74 Å². The molecule has 7 nitrogen and oxygen atoms in total. The van der Waals surface area contributed by atoms with Gasteiger partial charge in [0.05, 0.1) is 7.11 Å². The van der Waals surface area contributed by atoms with Crippen molar-refractivity contribution in [2.45, 2.75) is 10.3 Å². The van der Waals surface area contributed by atoms with Crippen LogP contribution in [0, 0.1) is 0 Å². The molecule has 0 aliphatic carbocycles. The molecule has 3 heterocycles. The summed E-state index contributed by atoms with van der Waals surface area (Å²) >= 11 is 4.78. The lowest BCUT2D eigenvalue weighted by molar-refractivity contribution is 0.392. The zero-order valence-corrected chi connectivity index (χ0v) is 16.6. The monoisotopic (exact) mass is 440 g/mol. The Hall–Kier alpha value is -2.78. The molecule has 4 aromatic rings. The molecule has 0 spiro atoms. The summed E-state index contributed by atoms with van der Waals surface area (Å²) in [4.78, 5) is 12.8. The quantitative estimate of drug-likeness (QED) is 0.433. The predicted molar refractivity (Wildman–Crippen MR) is 105 cm³/mol. The van der Waals surface area contributed by atoms with Gasteiger partial charge in [-0.25, -0.2) is 4.98 Å². The average Bonchev–Trinajstić information content (AvgIpc) is 3.13. The highest BCUT2D eigenvalue weighted by Crippen LogP contribution is 2.31. The number of halogens is 1. The van der Waals surface area contributed by atoms with Gasteiger partial charge >= 0.3 is 0 Å². The second-order valence-electron chi connectivity index (χ2n) is 5.34. The van der Waals surface area contributed by atoms with Gasteiger partial charge in [0.15, 0.2) is 11.0 Å². The molecule has 0 saturated heterocycles. The van der Waals surface area contributed by atoms with Gasteiger partial charge in [-0.3, -0.25) is 9.55 Å². The Bertz CT molecular complexity index is 1060. The van der Waals surface area contributed by atoms with Gasteiger partial charge in [-0.15, -0.1) is 10.2 Å². The highest BCUT2D eigenvalue weighted by atomic mass is 79.9. The van der Waals surface area contributed by atoms with E-state index in [1.165, 1.54) is 11.8 Å². The molecule has 0 aliphatic heterocycles. The van der Waals surface area contributed by atoms with Gasteiger partial charge < -0.3 is 4.74 Å². The number of nitrogens with zero attached hydrogens (tertiary/aromatic N) is 6. The Balaban J connectivity index is 1.81. The van der Waals surface area contributed by atoms with E-state index in [-0.39, 0.29) is 0 Å². The van der Waals surface area contributed by atoms with E-state index in [2.05, 4.69) is 41.1 Å². The molecule has 3 aromatic heterocycles. The molecule has 0 N–H and O–H groups in total.